The number of nitrogens with two attached hydrogens (primary N) is 1. The van der Waals surface area contributed by atoms with Gasteiger partial charge in [0.25, 0.3) is 0 Å². The number of hydrogen-bond acceptors (Lipinski definition) is 4. The molecule has 0 saturated heterocycles. The largest absolute Gasteiger partial charge is 0.363 e. The molecule has 1 aliphatic carbocycles. The molecule has 3 N–H and O–H groups in total. The number of rotatable bonds is 2. The van der Waals surface area contributed by atoms with E-state index in [0.717, 1.165) is 35.6 Å². The highest BCUT2D eigenvalue weighted by atomic mass is 15.1. The summed E-state index contributed by atoms with van der Waals surface area (Å²) in [6.07, 6.45) is 4.54. The molecule has 0 amide bonds. The summed E-state index contributed by atoms with van der Waals surface area (Å²) in [7, 11) is 3.98. The van der Waals surface area contributed by atoms with Gasteiger partial charge in [-0.05, 0) is 31.4 Å². The van der Waals surface area contributed by atoms with Crippen molar-refractivity contribution in [2.45, 2.75) is 37.6 Å². The van der Waals surface area contributed by atoms with E-state index >= 15 is 0 Å². The summed E-state index contributed by atoms with van der Waals surface area (Å²) in [5, 5.41) is 0. The Morgan fingerprint density at radius 2 is 2.11 bits per heavy atom. The molecule has 5 nitrogen and oxygen atoms in total. The highest BCUT2D eigenvalue weighted by molar-refractivity contribution is 5.73. The van der Waals surface area contributed by atoms with Crippen LogP contribution in [0.1, 0.15) is 37.4 Å². The number of aromatic nitrogens is 3. The number of pyridine rings is 1. The Labute approximate surface area is 113 Å². The summed E-state index contributed by atoms with van der Waals surface area (Å²) in [5.41, 5.74) is 7.88. The molecule has 0 bridgehead atoms. The SMILES string of the molecule is CN(C)c1ccc2[nH]c(C3CCCC(N)C3)nc2n1. The zero-order valence-electron chi connectivity index (χ0n) is 11.6. The van der Waals surface area contributed by atoms with Crippen LogP contribution in [0.4, 0.5) is 5.82 Å². The Morgan fingerprint density at radius 3 is 2.84 bits per heavy atom. The Hall–Kier alpha value is -1.62. The number of fused-ring (bicyclic) bond motifs is 1. The molecule has 2 unspecified atom stereocenters. The smallest absolute Gasteiger partial charge is 0.179 e. The first-order chi connectivity index (χ1) is 9.13. The Kier molecular flexibility index (Phi) is 3.14. The standard InChI is InChI=1S/C14H21N5/c1-19(2)12-7-6-11-14(17-12)18-13(16-11)9-4-3-5-10(15)8-9/h6-7,9-10H,3-5,8,15H2,1-2H3,(H,16,17,18). The van der Waals surface area contributed by atoms with Crippen LogP contribution in [0.25, 0.3) is 11.2 Å². The first-order valence-electron chi connectivity index (χ1n) is 6.93. The molecular weight excluding hydrogens is 238 g/mol. The topological polar surface area (TPSA) is 70.8 Å². The lowest BCUT2D eigenvalue weighted by molar-refractivity contribution is 0.384. The maximum atomic E-state index is 6.06. The van der Waals surface area contributed by atoms with Gasteiger partial charge in [-0.1, -0.05) is 6.42 Å². The summed E-state index contributed by atoms with van der Waals surface area (Å²) in [5.74, 6) is 2.44. The third-order valence-corrected chi connectivity index (χ3v) is 3.91. The number of imidazole rings is 1. The van der Waals surface area contributed by atoms with Crippen LogP contribution < -0.4 is 10.6 Å². The van der Waals surface area contributed by atoms with Crippen LogP contribution in [0.2, 0.25) is 0 Å². The number of nitrogens with one attached hydrogen (secondary N) is 1. The molecule has 5 heteroatoms. The molecule has 0 spiro atoms. The van der Waals surface area contributed by atoms with Gasteiger partial charge in [-0.2, -0.15) is 0 Å². The van der Waals surface area contributed by atoms with Crippen molar-refractivity contribution in [3.05, 3.63) is 18.0 Å². The number of nitrogens with zero attached hydrogens (tertiary/aromatic N) is 3. The van der Waals surface area contributed by atoms with Gasteiger partial charge >= 0.3 is 0 Å². The fraction of sp³-hybridized carbons (Fsp3) is 0.571. The molecular formula is C14H21N5. The van der Waals surface area contributed by atoms with E-state index in [1.54, 1.807) is 0 Å². The van der Waals surface area contributed by atoms with Crippen molar-refractivity contribution in [1.82, 2.24) is 15.0 Å². The van der Waals surface area contributed by atoms with Gasteiger partial charge in [-0.25, -0.2) is 9.97 Å². The van der Waals surface area contributed by atoms with Crippen molar-refractivity contribution in [2.75, 3.05) is 19.0 Å². The van der Waals surface area contributed by atoms with Crippen LogP contribution in [0.15, 0.2) is 12.1 Å². The molecule has 19 heavy (non-hydrogen) atoms. The summed E-state index contributed by atoms with van der Waals surface area (Å²) in [4.78, 5) is 14.6. The zero-order chi connectivity index (χ0) is 13.4. The van der Waals surface area contributed by atoms with Crippen LogP contribution >= 0.6 is 0 Å². The normalized spacial score (nSPS) is 23.7. The molecule has 102 valence electrons. The lowest BCUT2D eigenvalue weighted by Gasteiger charge is -2.24. The second kappa shape index (κ2) is 4.81. The maximum Gasteiger partial charge on any atom is 0.179 e. The van der Waals surface area contributed by atoms with Crippen molar-refractivity contribution in [2.24, 2.45) is 5.73 Å². The summed E-state index contributed by atoms with van der Waals surface area (Å²) < 4.78 is 0. The molecule has 1 saturated carbocycles. The predicted octanol–water partition coefficient (Wildman–Crippen LogP) is 2.01. The van der Waals surface area contributed by atoms with Crippen LogP contribution in [0, 0.1) is 0 Å². The van der Waals surface area contributed by atoms with E-state index in [1.165, 1.54) is 12.8 Å². The molecule has 0 aliphatic heterocycles. The lowest BCUT2D eigenvalue weighted by atomic mass is 9.86. The van der Waals surface area contributed by atoms with Gasteiger partial charge in [0, 0.05) is 26.1 Å². The van der Waals surface area contributed by atoms with Crippen molar-refractivity contribution in [3.63, 3.8) is 0 Å². The molecule has 1 fully saturated rings. The van der Waals surface area contributed by atoms with Crippen LogP contribution in [-0.4, -0.2) is 35.1 Å². The lowest BCUT2D eigenvalue weighted by Crippen LogP contribution is -2.27. The van der Waals surface area contributed by atoms with Gasteiger partial charge in [0.1, 0.15) is 11.6 Å². The van der Waals surface area contributed by atoms with E-state index < -0.39 is 0 Å². The molecule has 2 atom stereocenters. The van der Waals surface area contributed by atoms with Gasteiger partial charge in [-0.3, -0.25) is 0 Å². The summed E-state index contributed by atoms with van der Waals surface area (Å²) >= 11 is 0. The first kappa shape index (κ1) is 12.4. The van der Waals surface area contributed by atoms with Gasteiger partial charge in [0.2, 0.25) is 0 Å². The van der Waals surface area contributed by atoms with E-state index in [4.69, 9.17) is 5.73 Å². The van der Waals surface area contributed by atoms with Crippen LogP contribution in [0.3, 0.4) is 0 Å². The van der Waals surface area contributed by atoms with Crippen LogP contribution in [0.5, 0.6) is 0 Å². The maximum absolute atomic E-state index is 6.06. The van der Waals surface area contributed by atoms with Gasteiger partial charge in [0.15, 0.2) is 5.65 Å². The van der Waals surface area contributed by atoms with E-state index in [0.29, 0.717) is 12.0 Å². The predicted molar refractivity (Wildman–Crippen MR) is 77.4 cm³/mol. The Bertz CT molecular complexity index is 574. The zero-order valence-corrected chi connectivity index (χ0v) is 11.6. The minimum Gasteiger partial charge on any atom is -0.363 e. The Morgan fingerprint density at radius 1 is 1.26 bits per heavy atom. The molecule has 1 aliphatic rings. The molecule has 2 heterocycles. The van der Waals surface area contributed by atoms with Gasteiger partial charge < -0.3 is 15.6 Å². The van der Waals surface area contributed by atoms with E-state index in [2.05, 4.69) is 21.0 Å². The number of hydrogen-bond donors (Lipinski definition) is 2. The Balaban J connectivity index is 1.92. The second-order valence-corrected chi connectivity index (χ2v) is 5.68. The highest BCUT2D eigenvalue weighted by Crippen LogP contribution is 2.31. The van der Waals surface area contributed by atoms with Crippen LogP contribution in [-0.2, 0) is 0 Å². The summed E-state index contributed by atoms with van der Waals surface area (Å²) in [6, 6.07) is 4.38. The minimum absolute atomic E-state index is 0.317. The quantitative estimate of drug-likeness (QED) is 0.865. The van der Waals surface area contributed by atoms with Gasteiger partial charge in [-0.15, -0.1) is 0 Å². The van der Waals surface area contributed by atoms with E-state index in [1.807, 2.05) is 25.1 Å². The highest BCUT2D eigenvalue weighted by Gasteiger charge is 2.23. The fourth-order valence-corrected chi connectivity index (χ4v) is 2.82. The average molecular weight is 259 g/mol. The monoisotopic (exact) mass is 259 g/mol. The summed E-state index contributed by atoms with van der Waals surface area (Å²) in [6.45, 7) is 0. The fourth-order valence-electron chi connectivity index (χ4n) is 2.82. The second-order valence-electron chi connectivity index (χ2n) is 5.68. The molecule has 0 aromatic carbocycles. The van der Waals surface area contributed by atoms with E-state index in [-0.39, 0.29) is 0 Å². The third kappa shape index (κ3) is 2.42. The minimum atomic E-state index is 0.317. The van der Waals surface area contributed by atoms with Gasteiger partial charge in [0.05, 0.1) is 5.52 Å². The molecule has 0 radical (unpaired) electrons. The number of H-pyrrole nitrogens is 1. The van der Waals surface area contributed by atoms with Crippen molar-refractivity contribution < 1.29 is 0 Å². The van der Waals surface area contributed by atoms with Crippen molar-refractivity contribution in [3.8, 4) is 0 Å². The van der Waals surface area contributed by atoms with Crippen molar-refractivity contribution in [1.29, 1.82) is 0 Å². The average Bonchev–Trinajstić information content (AvgIpc) is 2.81. The van der Waals surface area contributed by atoms with E-state index in [9.17, 15) is 0 Å². The molecule has 2 aromatic rings. The first-order valence-corrected chi connectivity index (χ1v) is 6.93. The van der Waals surface area contributed by atoms with Crippen molar-refractivity contribution >= 4 is 17.0 Å². The molecule has 3 rings (SSSR count). The third-order valence-electron chi connectivity index (χ3n) is 3.91. The number of aromatic amines is 1. The molecule has 2 aromatic heterocycles. The number of anilines is 1.